The number of carbonyl (C=O) groups excluding carboxylic acids is 1. The Morgan fingerprint density at radius 3 is 2.35 bits per heavy atom. The lowest BCUT2D eigenvalue weighted by molar-refractivity contribution is 0.194. The Balaban J connectivity index is 2.07. The Kier molecular flexibility index (Phi) is 4.01. The van der Waals surface area contributed by atoms with Gasteiger partial charge in [0.05, 0.1) is 10.9 Å². The van der Waals surface area contributed by atoms with Crippen LogP contribution in [0.15, 0.2) is 29.2 Å². The molecule has 1 fully saturated rings. The summed E-state index contributed by atoms with van der Waals surface area (Å²) in [5.74, 6) is 0. The molecule has 7 heteroatoms. The van der Waals surface area contributed by atoms with Crippen molar-refractivity contribution in [2.45, 2.75) is 36.7 Å². The fourth-order valence-corrected chi connectivity index (χ4v) is 2.36. The van der Waals surface area contributed by atoms with E-state index in [1.54, 1.807) is 24.1 Å². The van der Waals surface area contributed by atoms with E-state index in [1.165, 1.54) is 12.1 Å². The van der Waals surface area contributed by atoms with Crippen LogP contribution in [-0.2, 0) is 10.0 Å². The summed E-state index contributed by atoms with van der Waals surface area (Å²) in [6.45, 7) is 1.89. The maximum atomic E-state index is 11.9. The first-order valence-corrected chi connectivity index (χ1v) is 8.00. The second-order valence-corrected chi connectivity index (χ2v) is 6.69. The van der Waals surface area contributed by atoms with Crippen LogP contribution in [0.1, 0.15) is 31.4 Å². The number of nitrogens with one attached hydrogen (secondary N) is 1. The SMILES string of the molecule is C[C@@H](c1ccc(S(N)(=O)=O)cc1)N(C)C(=O)NC1CC1. The molecular formula is C13H19N3O3S. The molecule has 2 amide bonds. The number of nitrogens with two attached hydrogens (primary N) is 1. The van der Waals surface area contributed by atoms with Crippen LogP contribution in [-0.4, -0.2) is 32.4 Å². The molecule has 1 atom stereocenters. The minimum atomic E-state index is -3.68. The molecule has 0 radical (unpaired) electrons. The topological polar surface area (TPSA) is 92.5 Å². The Morgan fingerprint density at radius 1 is 1.35 bits per heavy atom. The molecule has 110 valence electrons. The summed E-state index contributed by atoms with van der Waals surface area (Å²) >= 11 is 0. The first-order valence-electron chi connectivity index (χ1n) is 6.45. The number of rotatable bonds is 4. The Labute approximate surface area is 119 Å². The van der Waals surface area contributed by atoms with Gasteiger partial charge in [0.25, 0.3) is 0 Å². The van der Waals surface area contributed by atoms with E-state index < -0.39 is 10.0 Å². The normalized spacial score (nSPS) is 16.6. The number of nitrogens with zero attached hydrogens (tertiary/aromatic N) is 1. The third-order valence-corrected chi connectivity index (χ3v) is 4.43. The molecular weight excluding hydrogens is 278 g/mol. The summed E-state index contributed by atoms with van der Waals surface area (Å²) in [5.41, 5.74) is 0.853. The van der Waals surface area contributed by atoms with Crippen molar-refractivity contribution in [3.05, 3.63) is 29.8 Å². The molecule has 1 aromatic carbocycles. The molecule has 0 saturated heterocycles. The van der Waals surface area contributed by atoms with Gasteiger partial charge in [0.1, 0.15) is 0 Å². The van der Waals surface area contributed by atoms with E-state index in [-0.39, 0.29) is 17.0 Å². The molecule has 0 bridgehead atoms. The van der Waals surface area contributed by atoms with E-state index in [1.807, 2.05) is 6.92 Å². The Hall–Kier alpha value is -1.60. The first-order chi connectivity index (χ1) is 9.29. The van der Waals surface area contributed by atoms with Gasteiger partial charge in [0, 0.05) is 13.1 Å². The van der Waals surface area contributed by atoms with Crippen molar-refractivity contribution in [3.8, 4) is 0 Å². The zero-order valence-electron chi connectivity index (χ0n) is 11.5. The van der Waals surface area contributed by atoms with Gasteiger partial charge in [-0.3, -0.25) is 0 Å². The van der Waals surface area contributed by atoms with Gasteiger partial charge in [-0.25, -0.2) is 18.4 Å². The Morgan fingerprint density at radius 2 is 1.90 bits per heavy atom. The molecule has 1 aromatic rings. The second-order valence-electron chi connectivity index (χ2n) is 5.12. The van der Waals surface area contributed by atoms with Crippen molar-refractivity contribution in [1.82, 2.24) is 10.2 Å². The summed E-state index contributed by atoms with van der Waals surface area (Å²) in [6, 6.07) is 6.29. The third-order valence-electron chi connectivity index (χ3n) is 3.50. The van der Waals surface area contributed by atoms with Crippen LogP contribution in [0.25, 0.3) is 0 Å². The van der Waals surface area contributed by atoms with Crippen molar-refractivity contribution in [3.63, 3.8) is 0 Å². The highest BCUT2D eigenvalue weighted by atomic mass is 32.2. The molecule has 0 heterocycles. The van der Waals surface area contributed by atoms with Crippen molar-refractivity contribution >= 4 is 16.1 Å². The van der Waals surface area contributed by atoms with E-state index >= 15 is 0 Å². The number of primary sulfonamides is 1. The smallest absolute Gasteiger partial charge is 0.317 e. The number of hydrogen-bond donors (Lipinski definition) is 2. The van der Waals surface area contributed by atoms with Crippen LogP contribution >= 0.6 is 0 Å². The summed E-state index contributed by atoms with van der Waals surface area (Å²) in [6.07, 6.45) is 2.08. The van der Waals surface area contributed by atoms with E-state index in [2.05, 4.69) is 5.32 Å². The Bertz CT molecular complexity index is 594. The molecule has 1 saturated carbocycles. The van der Waals surface area contributed by atoms with E-state index in [0.29, 0.717) is 6.04 Å². The summed E-state index contributed by atoms with van der Waals surface area (Å²) < 4.78 is 22.4. The fourth-order valence-electron chi connectivity index (χ4n) is 1.84. The number of amides is 2. The number of urea groups is 1. The quantitative estimate of drug-likeness (QED) is 0.874. The molecule has 0 aromatic heterocycles. The van der Waals surface area contributed by atoms with Gasteiger partial charge >= 0.3 is 6.03 Å². The van der Waals surface area contributed by atoms with Gasteiger partial charge in [-0.15, -0.1) is 0 Å². The standard InChI is InChI=1S/C13H19N3O3S/c1-9(16(2)13(17)15-11-5-6-11)10-3-7-12(8-4-10)20(14,18)19/h3-4,7-9,11H,5-6H2,1-2H3,(H,15,17)(H2,14,18,19)/t9-/m0/s1. The van der Waals surface area contributed by atoms with Crippen LogP contribution in [0.2, 0.25) is 0 Å². The van der Waals surface area contributed by atoms with Crippen molar-refractivity contribution in [1.29, 1.82) is 0 Å². The molecule has 2 rings (SSSR count). The molecule has 0 aliphatic heterocycles. The number of hydrogen-bond acceptors (Lipinski definition) is 3. The zero-order valence-corrected chi connectivity index (χ0v) is 12.4. The van der Waals surface area contributed by atoms with Crippen LogP contribution in [0.3, 0.4) is 0 Å². The van der Waals surface area contributed by atoms with E-state index in [9.17, 15) is 13.2 Å². The highest BCUT2D eigenvalue weighted by Gasteiger charge is 2.26. The average molecular weight is 297 g/mol. The van der Waals surface area contributed by atoms with Crippen LogP contribution in [0.4, 0.5) is 4.79 Å². The lowest BCUT2D eigenvalue weighted by atomic mass is 10.1. The maximum absolute atomic E-state index is 11.9. The van der Waals surface area contributed by atoms with Gasteiger partial charge in [-0.2, -0.15) is 0 Å². The minimum absolute atomic E-state index is 0.0681. The molecule has 1 aliphatic rings. The minimum Gasteiger partial charge on any atom is -0.335 e. The largest absolute Gasteiger partial charge is 0.335 e. The maximum Gasteiger partial charge on any atom is 0.317 e. The average Bonchev–Trinajstić information content (AvgIpc) is 3.20. The molecule has 3 N–H and O–H groups in total. The second kappa shape index (κ2) is 5.41. The molecule has 0 spiro atoms. The zero-order chi connectivity index (χ0) is 14.9. The third kappa shape index (κ3) is 3.49. The van der Waals surface area contributed by atoms with E-state index in [0.717, 1.165) is 18.4 Å². The number of benzene rings is 1. The van der Waals surface area contributed by atoms with Gasteiger partial charge in [-0.1, -0.05) is 12.1 Å². The predicted octanol–water partition coefficient (Wildman–Crippen LogP) is 1.20. The van der Waals surface area contributed by atoms with E-state index in [4.69, 9.17) is 5.14 Å². The van der Waals surface area contributed by atoms with Gasteiger partial charge in [-0.05, 0) is 37.5 Å². The van der Waals surface area contributed by atoms with Gasteiger partial charge in [0.15, 0.2) is 0 Å². The summed E-state index contributed by atoms with van der Waals surface area (Å²) in [5, 5.41) is 7.96. The summed E-state index contributed by atoms with van der Waals surface area (Å²) in [4.78, 5) is 13.6. The van der Waals surface area contributed by atoms with Gasteiger partial charge < -0.3 is 10.2 Å². The monoisotopic (exact) mass is 297 g/mol. The molecule has 1 aliphatic carbocycles. The van der Waals surface area contributed by atoms with Crippen LogP contribution < -0.4 is 10.5 Å². The van der Waals surface area contributed by atoms with Crippen LogP contribution in [0, 0.1) is 0 Å². The van der Waals surface area contributed by atoms with Crippen LogP contribution in [0.5, 0.6) is 0 Å². The van der Waals surface area contributed by atoms with Crippen molar-refractivity contribution in [2.24, 2.45) is 5.14 Å². The first kappa shape index (κ1) is 14.8. The number of carbonyl (C=O) groups is 1. The number of sulfonamides is 1. The fraction of sp³-hybridized carbons (Fsp3) is 0.462. The summed E-state index contributed by atoms with van der Waals surface area (Å²) in [7, 11) is -1.96. The lowest BCUT2D eigenvalue weighted by Crippen LogP contribution is -2.39. The highest BCUT2D eigenvalue weighted by Crippen LogP contribution is 2.23. The predicted molar refractivity (Wildman–Crippen MR) is 75.5 cm³/mol. The highest BCUT2D eigenvalue weighted by molar-refractivity contribution is 7.89. The van der Waals surface area contributed by atoms with Crippen molar-refractivity contribution in [2.75, 3.05) is 7.05 Å². The molecule has 0 unspecified atom stereocenters. The van der Waals surface area contributed by atoms with Crippen molar-refractivity contribution < 1.29 is 13.2 Å². The van der Waals surface area contributed by atoms with Gasteiger partial charge in [0.2, 0.25) is 10.0 Å². The molecule has 6 nitrogen and oxygen atoms in total. The lowest BCUT2D eigenvalue weighted by Gasteiger charge is -2.25. The molecule has 20 heavy (non-hydrogen) atoms.